The normalized spacial score (nSPS) is 17.7. The summed E-state index contributed by atoms with van der Waals surface area (Å²) >= 11 is 0. The van der Waals surface area contributed by atoms with Crippen molar-refractivity contribution in [2.45, 2.75) is 25.4 Å². The fraction of sp³-hybridized carbons (Fsp3) is 0.444. The summed E-state index contributed by atoms with van der Waals surface area (Å²) in [5.74, 6) is -0.981. The van der Waals surface area contributed by atoms with Crippen LogP contribution < -0.4 is 10.6 Å². The lowest BCUT2D eigenvalue weighted by molar-refractivity contribution is -0.121. The zero-order chi connectivity index (χ0) is 18.4. The molecule has 1 saturated heterocycles. The third-order valence-corrected chi connectivity index (χ3v) is 4.07. The van der Waals surface area contributed by atoms with Crippen molar-refractivity contribution < 1.29 is 22.7 Å². The van der Waals surface area contributed by atoms with Crippen LogP contribution in [0.25, 0.3) is 11.3 Å². The Kier molecular flexibility index (Phi) is 6.30. The number of benzene rings is 1. The molecule has 0 saturated carbocycles. The first-order chi connectivity index (χ1) is 12.6. The highest BCUT2D eigenvalue weighted by molar-refractivity contribution is 5.76. The van der Waals surface area contributed by atoms with E-state index in [2.05, 4.69) is 15.6 Å². The molecule has 6 nitrogen and oxygen atoms in total. The van der Waals surface area contributed by atoms with Crippen LogP contribution in [0.5, 0.6) is 0 Å². The summed E-state index contributed by atoms with van der Waals surface area (Å²) in [6.45, 7) is 2.77. The molecule has 0 bridgehead atoms. The van der Waals surface area contributed by atoms with Gasteiger partial charge in [0.15, 0.2) is 11.7 Å². The van der Waals surface area contributed by atoms with Crippen LogP contribution in [-0.4, -0.2) is 43.2 Å². The molecule has 140 valence electrons. The van der Waals surface area contributed by atoms with Gasteiger partial charge in [-0.15, -0.1) is 0 Å². The van der Waals surface area contributed by atoms with Gasteiger partial charge < -0.3 is 19.8 Å². The number of amides is 1. The summed E-state index contributed by atoms with van der Waals surface area (Å²) in [6.07, 6.45) is 2.79. The lowest BCUT2D eigenvalue weighted by atomic mass is 10.2. The molecule has 2 N–H and O–H groups in total. The van der Waals surface area contributed by atoms with E-state index in [1.54, 1.807) is 0 Å². The molecule has 26 heavy (non-hydrogen) atoms. The topological polar surface area (TPSA) is 76.4 Å². The van der Waals surface area contributed by atoms with Crippen LogP contribution in [-0.2, 0) is 16.0 Å². The second-order valence-electron chi connectivity index (χ2n) is 6.10. The number of carbonyl (C=O) groups excluding carboxylic acids is 1. The number of ether oxygens (including phenoxy) is 1. The first-order valence-corrected chi connectivity index (χ1v) is 8.61. The highest BCUT2D eigenvalue weighted by Gasteiger charge is 2.15. The van der Waals surface area contributed by atoms with Gasteiger partial charge in [0.1, 0.15) is 11.6 Å². The Balaban J connectivity index is 1.47. The molecule has 1 aliphatic heterocycles. The number of carbonyl (C=O) groups is 1. The molecule has 1 aromatic carbocycles. The van der Waals surface area contributed by atoms with Crippen LogP contribution in [0.15, 0.2) is 28.8 Å². The Morgan fingerprint density at radius 2 is 2.27 bits per heavy atom. The smallest absolute Gasteiger partial charge is 0.220 e. The molecule has 1 aliphatic rings. The average Bonchev–Trinajstić information content (AvgIpc) is 2.93. The van der Waals surface area contributed by atoms with Crippen LogP contribution in [0.3, 0.4) is 0 Å². The number of aromatic nitrogens is 1. The van der Waals surface area contributed by atoms with Gasteiger partial charge in [-0.1, -0.05) is 0 Å². The maximum absolute atomic E-state index is 13.8. The van der Waals surface area contributed by atoms with Crippen molar-refractivity contribution in [2.24, 2.45) is 0 Å². The lowest BCUT2D eigenvalue weighted by Crippen LogP contribution is -2.38. The predicted octanol–water partition coefficient (Wildman–Crippen LogP) is 2.05. The maximum atomic E-state index is 13.8. The van der Waals surface area contributed by atoms with Crippen molar-refractivity contribution in [2.75, 3.05) is 26.2 Å². The molecule has 2 aromatic rings. The minimum Gasteiger partial charge on any atom is -0.441 e. The van der Waals surface area contributed by atoms with E-state index in [4.69, 9.17) is 9.15 Å². The summed E-state index contributed by atoms with van der Waals surface area (Å²) in [5, 5.41) is 6.08. The molecule has 0 spiro atoms. The van der Waals surface area contributed by atoms with Gasteiger partial charge in [0.25, 0.3) is 0 Å². The van der Waals surface area contributed by atoms with E-state index in [9.17, 15) is 13.6 Å². The van der Waals surface area contributed by atoms with Gasteiger partial charge in [-0.3, -0.25) is 4.79 Å². The number of hydrogen-bond acceptors (Lipinski definition) is 5. The van der Waals surface area contributed by atoms with E-state index in [1.165, 1.54) is 12.3 Å². The molecule has 0 aliphatic carbocycles. The van der Waals surface area contributed by atoms with E-state index >= 15 is 0 Å². The van der Waals surface area contributed by atoms with Gasteiger partial charge in [-0.2, -0.15) is 0 Å². The number of hydrogen-bond donors (Lipinski definition) is 2. The minimum absolute atomic E-state index is 0.0313. The number of rotatable bonds is 6. The first-order valence-electron chi connectivity index (χ1n) is 8.61. The SMILES string of the molecule is O=C(CCc1ncc(-c2ccc(F)cc2F)o1)NCC1CNCCCO1. The first kappa shape index (κ1) is 18.5. The molecular formula is C18H21F2N3O3. The lowest BCUT2D eigenvalue weighted by Gasteiger charge is -2.15. The fourth-order valence-corrected chi connectivity index (χ4v) is 2.68. The molecule has 2 heterocycles. The van der Waals surface area contributed by atoms with E-state index in [0.29, 0.717) is 32.0 Å². The number of nitrogens with one attached hydrogen (secondary N) is 2. The zero-order valence-corrected chi connectivity index (χ0v) is 14.3. The minimum atomic E-state index is -0.720. The Morgan fingerprint density at radius 3 is 3.12 bits per heavy atom. The van der Waals surface area contributed by atoms with Gasteiger partial charge in [-0.05, 0) is 25.1 Å². The Hall–Kier alpha value is -2.32. The van der Waals surface area contributed by atoms with Crippen molar-refractivity contribution in [1.82, 2.24) is 15.6 Å². The largest absolute Gasteiger partial charge is 0.441 e. The van der Waals surface area contributed by atoms with Crippen molar-refractivity contribution in [3.63, 3.8) is 0 Å². The summed E-state index contributed by atoms with van der Waals surface area (Å²) in [5.41, 5.74) is 0.132. The molecule has 1 unspecified atom stereocenters. The van der Waals surface area contributed by atoms with Gasteiger partial charge in [0.05, 0.1) is 17.9 Å². The van der Waals surface area contributed by atoms with Crippen molar-refractivity contribution >= 4 is 5.91 Å². The molecular weight excluding hydrogens is 344 g/mol. The maximum Gasteiger partial charge on any atom is 0.220 e. The number of halogens is 2. The van der Waals surface area contributed by atoms with Crippen LogP contribution in [0.4, 0.5) is 8.78 Å². The summed E-state index contributed by atoms with van der Waals surface area (Å²) in [6, 6.07) is 3.23. The standard InChI is InChI=1S/C18H21F2N3O3/c19-12-2-3-14(15(20)8-12)16-11-23-18(26-16)5-4-17(24)22-10-13-9-21-6-1-7-25-13/h2-3,8,11,13,21H,1,4-7,9-10H2,(H,22,24). The van der Waals surface area contributed by atoms with Crippen molar-refractivity contribution in [3.8, 4) is 11.3 Å². The highest BCUT2D eigenvalue weighted by Crippen LogP contribution is 2.24. The van der Waals surface area contributed by atoms with Crippen molar-refractivity contribution in [1.29, 1.82) is 0 Å². The van der Waals surface area contributed by atoms with E-state index in [-0.39, 0.29) is 29.8 Å². The molecule has 3 rings (SSSR count). The molecule has 1 amide bonds. The van der Waals surface area contributed by atoms with Gasteiger partial charge >= 0.3 is 0 Å². The Labute approximate surface area is 149 Å². The van der Waals surface area contributed by atoms with Gasteiger partial charge in [0, 0.05) is 38.6 Å². The number of oxazole rings is 1. The van der Waals surface area contributed by atoms with E-state index in [1.807, 2.05) is 0 Å². The molecule has 1 atom stereocenters. The average molecular weight is 365 g/mol. The van der Waals surface area contributed by atoms with Crippen LogP contribution in [0.2, 0.25) is 0 Å². The Morgan fingerprint density at radius 1 is 1.38 bits per heavy atom. The molecule has 0 radical (unpaired) electrons. The van der Waals surface area contributed by atoms with Crippen LogP contribution in [0.1, 0.15) is 18.7 Å². The highest BCUT2D eigenvalue weighted by atomic mass is 19.1. The summed E-state index contributed by atoms with van der Waals surface area (Å²) < 4.78 is 37.8. The molecule has 1 fully saturated rings. The number of nitrogens with zero attached hydrogens (tertiary/aromatic N) is 1. The number of aryl methyl sites for hydroxylation is 1. The van der Waals surface area contributed by atoms with E-state index < -0.39 is 11.6 Å². The molecule has 1 aromatic heterocycles. The monoisotopic (exact) mass is 365 g/mol. The van der Waals surface area contributed by atoms with Crippen LogP contribution >= 0.6 is 0 Å². The third-order valence-electron chi connectivity index (χ3n) is 4.07. The third kappa shape index (κ3) is 5.09. The van der Waals surface area contributed by atoms with Crippen molar-refractivity contribution in [3.05, 3.63) is 41.9 Å². The van der Waals surface area contributed by atoms with Gasteiger partial charge in [0.2, 0.25) is 5.91 Å². The predicted molar refractivity (Wildman–Crippen MR) is 90.4 cm³/mol. The fourth-order valence-electron chi connectivity index (χ4n) is 2.68. The quantitative estimate of drug-likeness (QED) is 0.819. The van der Waals surface area contributed by atoms with E-state index in [0.717, 1.165) is 25.1 Å². The van der Waals surface area contributed by atoms with Crippen LogP contribution in [0, 0.1) is 11.6 Å². The summed E-state index contributed by atoms with van der Waals surface area (Å²) in [7, 11) is 0. The second-order valence-corrected chi connectivity index (χ2v) is 6.10. The Bertz CT molecular complexity index is 743. The second kappa shape index (κ2) is 8.86. The van der Waals surface area contributed by atoms with Gasteiger partial charge in [-0.25, -0.2) is 13.8 Å². The molecule has 8 heteroatoms. The zero-order valence-electron chi connectivity index (χ0n) is 14.3. The summed E-state index contributed by atoms with van der Waals surface area (Å²) in [4.78, 5) is 16.0.